The zero-order chi connectivity index (χ0) is 14.5. The molecule has 1 aliphatic rings. The topological polar surface area (TPSA) is 55.6 Å². The first-order valence-electron chi connectivity index (χ1n) is 7.05. The standard InChI is InChI=1S/C15H21FN2O2/c1-11(15(19)18-7-3-2-4-8-18)20-14-6-5-12(10-17)9-13(14)16/h5-6,9,11H,2-4,7-8,10,17H2,1H3. The lowest BCUT2D eigenvalue weighted by Gasteiger charge is -2.29. The van der Waals surface area contributed by atoms with Crippen molar-refractivity contribution < 1.29 is 13.9 Å². The van der Waals surface area contributed by atoms with Crippen LogP contribution in [0, 0.1) is 5.82 Å². The van der Waals surface area contributed by atoms with Gasteiger partial charge in [-0.15, -0.1) is 0 Å². The summed E-state index contributed by atoms with van der Waals surface area (Å²) < 4.78 is 19.3. The Morgan fingerprint density at radius 3 is 2.70 bits per heavy atom. The van der Waals surface area contributed by atoms with E-state index >= 15 is 0 Å². The van der Waals surface area contributed by atoms with Crippen molar-refractivity contribution >= 4 is 5.91 Å². The van der Waals surface area contributed by atoms with Crippen molar-refractivity contribution in [2.75, 3.05) is 13.1 Å². The van der Waals surface area contributed by atoms with Crippen LogP contribution in [-0.2, 0) is 11.3 Å². The number of amides is 1. The molecular formula is C15H21FN2O2. The van der Waals surface area contributed by atoms with Crippen LogP contribution in [0.3, 0.4) is 0 Å². The molecular weight excluding hydrogens is 259 g/mol. The molecule has 20 heavy (non-hydrogen) atoms. The van der Waals surface area contributed by atoms with Crippen molar-refractivity contribution in [1.82, 2.24) is 4.90 Å². The van der Waals surface area contributed by atoms with Gasteiger partial charge < -0.3 is 15.4 Å². The molecule has 1 unspecified atom stereocenters. The van der Waals surface area contributed by atoms with Gasteiger partial charge in [-0.2, -0.15) is 0 Å². The normalized spacial score (nSPS) is 16.9. The van der Waals surface area contributed by atoms with E-state index in [1.165, 1.54) is 12.1 Å². The van der Waals surface area contributed by atoms with Crippen LogP contribution >= 0.6 is 0 Å². The summed E-state index contributed by atoms with van der Waals surface area (Å²) in [5.74, 6) is -0.460. The number of benzene rings is 1. The molecule has 0 saturated carbocycles. The summed E-state index contributed by atoms with van der Waals surface area (Å²) >= 11 is 0. The minimum Gasteiger partial charge on any atom is -0.478 e. The minimum atomic E-state index is -0.675. The molecule has 1 amide bonds. The fourth-order valence-corrected chi connectivity index (χ4v) is 2.38. The van der Waals surface area contributed by atoms with Crippen LogP contribution in [0.25, 0.3) is 0 Å². The molecule has 2 N–H and O–H groups in total. The van der Waals surface area contributed by atoms with Gasteiger partial charge in [0.2, 0.25) is 0 Å². The maximum Gasteiger partial charge on any atom is 0.263 e. The number of piperidine rings is 1. The maximum absolute atomic E-state index is 13.8. The molecule has 1 atom stereocenters. The van der Waals surface area contributed by atoms with Gasteiger partial charge in [0, 0.05) is 19.6 Å². The van der Waals surface area contributed by atoms with E-state index in [-0.39, 0.29) is 18.2 Å². The van der Waals surface area contributed by atoms with Crippen molar-refractivity contribution in [2.45, 2.75) is 38.8 Å². The third kappa shape index (κ3) is 3.48. The molecule has 110 valence electrons. The summed E-state index contributed by atoms with van der Waals surface area (Å²) in [6.45, 7) is 3.47. The molecule has 2 rings (SSSR count). The van der Waals surface area contributed by atoms with E-state index in [2.05, 4.69) is 0 Å². The second kappa shape index (κ2) is 6.70. The van der Waals surface area contributed by atoms with Gasteiger partial charge in [-0.1, -0.05) is 6.07 Å². The second-order valence-corrected chi connectivity index (χ2v) is 5.11. The van der Waals surface area contributed by atoms with E-state index < -0.39 is 11.9 Å². The van der Waals surface area contributed by atoms with Crippen LogP contribution in [-0.4, -0.2) is 30.0 Å². The summed E-state index contributed by atoms with van der Waals surface area (Å²) in [5.41, 5.74) is 6.15. The molecule has 4 nitrogen and oxygen atoms in total. The largest absolute Gasteiger partial charge is 0.478 e. The number of likely N-dealkylation sites (tertiary alicyclic amines) is 1. The number of rotatable bonds is 4. The smallest absolute Gasteiger partial charge is 0.263 e. The molecule has 0 spiro atoms. The Labute approximate surface area is 118 Å². The first-order chi connectivity index (χ1) is 9.61. The Morgan fingerprint density at radius 1 is 1.40 bits per heavy atom. The van der Waals surface area contributed by atoms with Crippen LogP contribution in [0.1, 0.15) is 31.7 Å². The lowest BCUT2D eigenvalue weighted by atomic mass is 10.1. The third-order valence-electron chi connectivity index (χ3n) is 3.55. The second-order valence-electron chi connectivity index (χ2n) is 5.11. The monoisotopic (exact) mass is 280 g/mol. The Hall–Kier alpha value is -1.62. The highest BCUT2D eigenvalue weighted by atomic mass is 19.1. The highest BCUT2D eigenvalue weighted by Gasteiger charge is 2.24. The van der Waals surface area contributed by atoms with E-state index in [1.807, 2.05) is 0 Å². The SMILES string of the molecule is CC(Oc1ccc(CN)cc1F)C(=O)N1CCCCC1. The fraction of sp³-hybridized carbons (Fsp3) is 0.533. The summed E-state index contributed by atoms with van der Waals surface area (Å²) in [6, 6.07) is 4.57. The highest BCUT2D eigenvalue weighted by molar-refractivity contribution is 5.81. The molecule has 1 aliphatic heterocycles. The van der Waals surface area contributed by atoms with E-state index in [0.29, 0.717) is 5.56 Å². The number of nitrogens with two attached hydrogens (primary N) is 1. The number of nitrogens with zero attached hydrogens (tertiary/aromatic N) is 1. The Balaban J connectivity index is 1.99. The fourth-order valence-electron chi connectivity index (χ4n) is 2.38. The molecule has 0 aliphatic carbocycles. The number of hydrogen-bond acceptors (Lipinski definition) is 3. The Kier molecular flexibility index (Phi) is 4.95. The van der Waals surface area contributed by atoms with Gasteiger partial charge in [0.05, 0.1) is 0 Å². The van der Waals surface area contributed by atoms with Gasteiger partial charge in [0.25, 0.3) is 5.91 Å². The predicted octanol–water partition coefficient (Wildman–Crippen LogP) is 2.06. The van der Waals surface area contributed by atoms with E-state index in [4.69, 9.17) is 10.5 Å². The van der Waals surface area contributed by atoms with Crippen LogP contribution in [0.15, 0.2) is 18.2 Å². The molecule has 1 aromatic rings. The number of ether oxygens (including phenoxy) is 1. The first-order valence-corrected chi connectivity index (χ1v) is 7.05. The molecule has 0 radical (unpaired) electrons. The van der Waals surface area contributed by atoms with Gasteiger partial charge in [-0.25, -0.2) is 4.39 Å². The lowest BCUT2D eigenvalue weighted by Crippen LogP contribution is -2.43. The van der Waals surface area contributed by atoms with Crippen molar-refractivity contribution in [3.05, 3.63) is 29.6 Å². The zero-order valence-corrected chi connectivity index (χ0v) is 11.8. The summed E-state index contributed by atoms with van der Waals surface area (Å²) in [4.78, 5) is 14.0. The number of hydrogen-bond donors (Lipinski definition) is 1. The van der Waals surface area contributed by atoms with Gasteiger partial charge in [-0.05, 0) is 43.9 Å². The summed E-state index contributed by atoms with van der Waals surface area (Å²) in [6.07, 6.45) is 2.54. The van der Waals surface area contributed by atoms with Crippen LogP contribution < -0.4 is 10.5 Å². The zero-order valence-electron chi connectivity index (χ0n) is 11.8. The summed E-state index contributed by atoms with van der Waals surface area (Å²) in [7, 11) is 0. The molecule has 5 heteroatoms. The number of carbonyl (C=O) groups excluding carboxylic acids is 1. The van der Waals surface area contributed by atoms with Crippen molar-refractivity contribution in [3.63, 3.8) is 0 Å². The van der Waals surface area contributed by atoms with Crippen LogP contribution in [0.4, 0.5) is 4.39 Å². The molecule has 0 aromatic heterocycles. The van der Waals surface area contributed by atoms with Crippen LogP contribution in [0.2, 0.25) is 0 Å². The van der Waals surface area contributed by atoms with Crippen LogP contribution in [0.5, 0.6) is 5.75 Å². The van der Waals surface area contributed by atoms with E-state index in [0.717, 1.165) is 32.4 Å². The molecule has 1 heterocycles. The molecule has 0 bridgehead atoms. The molecule has 1 saturated heterocycles. The average molecular weight is 280 g/mol. The molecule has 1 aromatic carbocycles. The Morgan fingerprint density at radius 2 is 2.10 bits per heavy atom. The van der Waals surface area contributed by atoms with E-state index in [9.17, 15) is 9.18 Å². The van der Waals surface area contributed by atoms with Gasteiger partial charge in [0.1, 0.15) is 0 Å². The van der Waals surface area contributed by atoms with Gasteiger partial charge in [0.15, 0.2) is 17.7 Å². The maximum atomic E-state index is 13.8. The molecule has 1 fully saturated rings. The lowest BCUT2D eigenvalue weighted by molar-refractivity contribution is -0.138. The van der Waals surface area contributed by atoms with Crippen molar-refractivity contribution in [3.8, 4) is 5.75 Å². The average Bonchev–Trinajstić information content (AvgIpc) is 2.49. The third-order valence-corrected chi connectivity index (χ3v) is 3.55. The Bertz CT molecular complexity index is 473. The number of carbonyl (C=O) groups is 1. The van der Waals surface area contributed by atoms with E-state index in [1.54, 1.807) is 17.9 Å². The van der Waals surface area contributed by atoms with Gasteiger partial charge in [-0.3, -0.25) is 4.79 Å². The van der Waals surface area contributed by atoms with Crippen molar-refractivity contribution in [2.24, 2.45) is 5.73 Å². The van der Waals surface area contributed by atoms with Gasteiger partial charge >= 0.3 is 0 Å². The van der Waals surface area contributed by atoms with Crippen molar-refractivity contribution in [1.29, 1.82) is 0 Å². The first kappa shape index (κ1) is 14.8. The quantitative estimate of drug-likeness (QED) is 0.918. The predicted molar refractivity (Wildman–Crippen MR) is 74.8 cm³/mol. The number of halogens is 1. The summed E-state index contributed by atoms with van der Waals surface area (Å²) in [5, 5.41) is 0. The highest BCUT2D eigenvalue weighted by Crippen LogP contribution is 2.20. The minimum absolute atomic E-state index is 0.0769.